The summed E-state index contributed by atoms with van der Waals surface area (Å²) in [6.45, 7) is 9.55. The summed E-state index contributed by atoms with van der Waals surface area (Å²) in [6, 6.07) is 37.4. The van der Waals surface area contributed by atoms with Crippen molar-refractivity contribution in [2.45, 2.75) is 38.5 Å². The maximum absolute atomic E-state index is 2.42. The van der Waals surface area contributed by atoms with E-state index in [4.69, 9.17) is 0 Å². The second-order valence-electron chi connectivity index (χ2n) is 10.3. The first kappa shape index (κ1) is 20.1. The summed E-state index contributed by atoms with van der Waals surface area (Å²) in [5.74, 6) is 0. The molecule has 1 nitrogen and oxygen atoms in total. The van der Waals surface area contributed by atoms with Gasteiger partial charge in [0.1, 0.15) is 0 Å². The Balaban J connectivity index is 1.54. The maximum atomic E-state index is 2.42. The van der Waals surface area contributed by atoms with Crippen LogP contribution in [-0.4, -0.2) is 0 Å². The van der Waals surface area contributed by atoms with Gasteiger partial charge in [0.05, 0.1) is 0 Å². The molecule has 4 aromatic carbocycles. The van der Waals surface area contributed by atoms with E-state index >= 15 is 0 Å². The lowest BCUT2D eigenvalue weighted by molar-refractivity contribution is 0.694. The van der Waals surface area contributed by atoms with E-state index in [0.29, 0.717) is 0 Å². The fourth-order valence-corrected chi connectivity index (χ4v) is 6.09. The van der Waals surface area contributed by atoms with Crippen molar-refractivity contribution in [3.63, 3.8) is 0 Å². The zero-order chi connectivity index (χ0) is 22.8. The highest BCUT2D eigenvalue weighted by Crippen LogP contribution is 2.62. The van der Waals surface area contributed by atoms with E-state index in [2.05, 4.69) is 136 Å². The van der Waals surface area contributed by atoms with E-state index in [1.165, 1.54) is 50.5 Å². The summed E-state index contributed by atoms with van der Waals surface area (Å²) in [4.78, 5) is 2.36. The van der Waals surface area contributed by atoms with Crippen LogP contribution in [0.1, 0.15) is 49.9 Å². The van der Waals surface area contributed by atoms with Crippen LogP contribution >= 0.6 is 0 Å². The molecule has 0 aliphatic heterocycles. The molecule has 0 radical (unpaired) electrons. The highest BCUT2D eigenvalue weighted by molar-refractivity contribution is 6.09. The molecule has 6 rings (SSSR count). The molecule has 0 fully saturated rings. The number of rotatable bonds is 3. The van der Waals surface area contributed by atoms with Crippen molar-refractivity contribution in [3.8, 4) is 0 Å². The molecule has 0 saturated carbocycles. The molecule has 4 aromatic rings. The van der Waals surface area contributed by atoms with E-state index in [1.807, 2.05) is 0 Å². The molecule has 2 aliphatic rings. The average Bonchev–Trinajstić information content (AvgIpc) is 3.22. The topological polar surface area (TPSA) is 3.24 Å². The molecule has 0 unspecified atom stereocenters. The highest BCUT2D eigenvalue weighted by atomic mass is 15.1. The zero-order valence-corrected chi connectivity index (χ0v) is 19.8. The Morgan fingerprint density at radius 2 is 0.939 bits per heavy atom. The van der Waals surface area contributed by atoms with E-state index in [1.54, 1.807) is 0 Å². The van der Waals surface area contributed by atoms with Gasteiger partial charge in [0.2, 0.25) is 0 Å². The summed E-state index contributed by atoms with van der Waals surface area (Å²) in [7, 11) is 0. The van der Waals surface area contributed by atoms with Gasteiger partial charge < -0.3 is 4.90 Å². The van der Waals surface area contributed by atoms with Gasteiger partial charge in [-0.25, -0.2) is 0 Å². The Kier molecular flexibility index (Phi) is 4.23. The first-order valence-corrected chi connectivity index (χ1v) is 11.8. The predicted molar refractivity (Wildman–Crippen MR) is 140 cm³/mol. The van der Waals surface area contributed by atoms with E-state index in [0.717, 1.165) is 0 Å². The number of para-hydroxylation sites is 2. The summed E-state index contributed by atoms with van der Waals surface area (Å²) in [5.41, 5.74) is 12.2. The van der Waals surface area contributed by atoms with Gasteiger partial charge in [0.25, 0.3) is 0 Å². The van der Waals surface area contributed by atoms with Gasteiger partial charge in [-0.1, -0.05) is 94.4 Å². The average molecular weight is 428 g/mol. The van der Waals surface area contributed by atoms with E-state index < -0.39 is 0 Å². The van der Waals surface area contributed by atoms with Gasteiger partial charge in [-0.2, -0.15) is 0 Å². The quantitative estimate of drug-likeness (QED) is 0.316. The van der Waals surface area contributed by atoms with Gasteiger partial charge in [-0.05, 0) is 69.8 Å². The molecule has 0 amide bonds. The van der Waals surface area contributed by atoms with Crippen molar-refractivity contribution in [1.82, 2.24) is 0 Å². The number of hydrogen-bond acceptors (Lipinski definition) is 1. The van der Waals surface area contributed by atoms with Crippen LogP contribution in [-0.2, 0) is 10.8 Å². The van der Waals surface area contributed by atoms with Crippen LogP contribution in [0.5, 0.6) is 0 Å². The van der Waals surface area contributed by atoms with Gasteiger partial charge in [-0.15, -0.1) is 0 Å². The molecule has 1 heteroatoms. The highest BCUT2D eigenvalue weighted by Gasteiger charge is 2.49. The monoisotopic (exact) mass is 427 g/mol. The predicted octanol–water partition coefficient (Wildman–Crippen LogP) is 8.65. The summed E-state index contributed by atoms with van der Waals surface area (Å²) < 4.78 is 0. The SMILES string of the molecule is CC1(C)C2=C(c3ccccc31)C(C)(C)c1cc(N(c3ccccc3)c3ccccc3)ccc12. The molecule has 0 saturated heterocycles. The second kappa shape index (κ2) is 6.96. The number of allylic oxidation sites excluding steroid dienone is 2. The minimum absolute atomic E-state index is 0.00844. The van der Waals surface area contributed by atoms with Crippen molar-refractivity contribution >= 4 is 28.2 Å². The van der Waals surface area contributed by atoms with Gasteiger partial charge >= 0.3 is 0 Å². The van der Waals surface area contributed by atoms with Crippen LogP contribution in [0.25, 0.3) is 11.1 Å². The lowest BCUT2D eigenvalue weighted by atomic mass is 9.76. The van der Waals surface area contributed by atoms with Crippen molar-refractivity contribution in [2.24, 2.45) is 0 Å². The molecule has 0 heterocycles. The molecule has 0 N–H and O–H groups in total. The number of anilines is 3. The fourth-order valence-electron chi connectivity index (χ4n) is 6.09. The summed E-state index contributed by atoms with van der Waals surface area (Å²) in [6.07, 6.45) is 0. The molecule has 0 atom stereocenters. The largest absolute Gasteiger partial charge is 0.310 e. The Labute approximate surface area is 197 Å². The van der Waals surface area contributed by atoms with Crippen molar-refractivity contribution in [1.29, 1.82) is 0 Å². The van der Waals surface area contributed by atoms with Crippen molar-refractivity contribution < 1.29 is 0 Å². The lowest BCUT2D eigenvalue weighted by Gasteiger charge is -2.30. The van der Waals surface area contributed by atoms with Crippen molar-refractivity contribution in [2.75, 3.05) is 4.90 Å². The van der Waals surface area contributed by atoms with Gasteiger partial charge in [0.15, 0.2) is 0 Å². The molecule has 0 spiro atoms. The lowest BCUT2D eigenvalue weighted by Crippen LogP contribution is -2.20. The standard InChI is InChI=1S/C32H29N/c1-31(2)27-18-12-11-17-25(27)29-30(31)26-20-19-24(21-28(26)32(29,3)4)33(22-13-7-5-8-14-22)23-15-9-6-10-16-23/h5-21H,1-4H3. The fraction of sp³-hybridized carbons (Fsp3) is 0.188. The number of hydrogen-bond donors (Lipinski definition) is 0. The van der Waals surface area contributed by atoms with Crippen LogP contribution < -0.4 is 4.90 Å². The van der Waals surface area contributed by atoms with Crippen LogP contribution in [0.4, 0.5) is 17.1 Å². The molecule has 162 valence electrons. The molecule has 0 aromatic heterocycles. The van der Waals surface area contributed by atoms with Crippen LogP contribution in [0.2, 0.25) is 0 Å². The minimum atomic E-state index is -0.0520. The van der Waals surface area contributed by atoms with Crippen LogP contribution in [0.3, 0.4) is 0 Å². The number of benzene rings is 4. The molecule has 33 heavy (non-hydrogen) atoms. The molecule has 0 bridgehead atoms. The van der Waals surface area contributed by atoms with Gasteiger partial charge in [-0.3, -0.25) is 0 Å². The maximum Gasteiger partial charge on any atom is 0.0465 e. The van der Waals surface area contributed by atoms with Crippen molar-refractivity contribution in [3.05, 3.63) is 125 Å². The Bertz CT molecular complexity index is 1350. The first-order valence-electron chi connectivity index (χ1n) is 11.8. The third-order valence-electron chi connectivity index (χ3n) is 7.60. The molecule has 2 aliphatic carbocycles. The Hall–Kier alpha value is -3.58. The van der Waals surface area contributed by atoms with E-state index in [-0.39, 0.29) is 10.8 Å². The van der Waals surface area contributed by atoms with Gasteiger partial charge in [0, 0.05) is 27.9 Å². The second-order valence-corrected chi connectivity index (χ2v) is 10.3. The van der Waals surface area contributed by atoms with Crippen LogP contribution in [0.15, 0.2) is 103 Å². The normalized spacial score (nSPS) is 16.8. The Morgan fingerprint density at radius 3 is 1.55 bits per heavy atom. The molecular weight excluding hydrogens is 398 g/mol. The Morgan fingerprint density at radius 1 is 0.455 bits per heavy atom. The zero-order valence-electron chi connectivity index (χ0n) is 19.8. The third-order valence-corrected chi connectivity index (χ3v) is 7.60. The van der Waals surface area contributed by atoms with E-state index in [9.17, 15) is 0 Å². The first-order chi connectivity index (χ1) is 15.9. The smallest absolute Gasteiger partial charge is 0.0465 e. The number of fused-ring (bicyclic) bond motifs is 4. The summed E-state index contributed by atoms with van der Waals surface area (Å²) in [5, 5.41) is 0. The minimum Gasteiger partial charge on any atom is -0.310 e. The molecular formula is C32H29N. The number of nitrogens with zero attached hydrogens (tertiary/aromatic N) is 1. The third kappa shape index (κ3) is 2.78. The van der Waals surface area contributed by atoms with Crippen LogP contribution in [0, 0.1) is 0 Å². The summed E-state index contributed by atoms with van der Waals surface area (Å²) >= 11 is 0.